The van der Waals surface area contributed by atoms with Crippen LogP contribution in [-0.2, 0) is 19.8 Å². The number of H-pyrrole nitrogens is 1. The van der Waals surface area contributed by atoms with Crippen molar-refractivity contribution in [1.82, 2.24) is 39.0 Å². The topological polar surface area (TPSA) is 133 Å². The molecule has 0 unspecified atom stereocenters. The van der Waals surface area contributed by atoms with E-state index in [0.29, 0.717) is 22.6 Å². The fourth-order valence-corrected chi connectivity index (χ4v) is 4.55. The van der Waals surface area contributed by atoms with Crippen LogP contribution < -0.4 is 15.9 Å². The number of methoxy groups -OCH3 is 1. The SMILES string of the molecule is COc1ncnc(C2CC2)c1-c1ncc2[nH]c(=O)c(=O)n(Cc3ccc(-c4nc(C(F)(F)F)cn4C)cc3)c2n1. The lowest BCUT2D eigenvalue weighted by Gasteiger charge is -2.13. The van der Waals surface area contributed by atoms with E-state index in [4.69, 9.17) is 4.74 Å². The predicted octanol–water partition coefficient (Wildman–Crippen LogP) is 3.29. The zero-order valence-electron chi connectivity index (χ0n) is 21.2. The average molecular weight is 551 g/mol. The highest BCUT2D eigenvalue weighted by Gasteiger charge is 2.34. The Bertz CT molecular complexity index is 1870. The number of nitrogens with one attached hydrogen (secondary N) is 1. The number of aryl methyl sites for hydroxylation is 1. The van der Waals surface area contributed by atoms with Gasteiger partial charge >= 0.3 is 17.3 Å². The molecule has 40 heavy (non-hydrogen) atoms. The van der Waals surface area contributed by atoms with Gasteiger partial charge in [-0.25, -0.2) is 24.9 Å². The van der Waals surface area contributed by atoms with Crippen LogP contribution in [0.1, 0.15) is 35.7 Å². The van der Waals surface area contributed by atoms with Crippen molar-refractivity contribution in [2.45, 2.75) is 31.5 Å². The molecule has 6 rings (SSSR count). The molecule has 0 amide bonds. The molecule has 4 aromatic heterocycles. The van der Waals surface area contributed by atoms with Crippen LogP contribution in [0.25, 0.3) is 33.9 Å². The smallest absolute Gasteiger partial charge is 0.434 e. The second kappa shape index (κ2) is 9.39. The number of fused-ring (bicyclic) bond motifs is 1. The third-order valence-electron chi connectivity index (χ3n) is 6.65. The molecule has 1 aliphatic carbocycles. The average Bonchev–Trinajstić information content (AvgIpc) is 3.71. The van der Waals surface area contributed by atoms with E-state index in [9.17, 15) is 22.8 Å². The van der Waals surface area contributed by atoms with Gasteiger partial charge in [-0.3, -0.25) is 14.2 Å². The van der Waals surface area contributed by atoms with Crippen molar-refractivity contribution in [3.63, 3.8) is 0 Å². The minimum atomic E-state index is -4.56. The van der Waals surface area contributed by atoms with Crippen LogP contribution in [0.15, 0.2) is 52.6 Å². The molecular formula is C26H21F3N8O3. The molecule has 1 fully saturated rings. The zero-order chi connectivity index (χ0) is 28.2. The summed E-state index contributed by atoms with van der Waals surface area (Å²) in [5, 5.41) is 0. The molecule has 4 heterocycles. The van der Waals surface area contributed by atoms with Gasteiger partial charge in [0.25, 0.3) is 0 Å². The minimum absolute atomic E-state index is 0.0255. The Labute approximate surface area is 223 Å². The standard InChI is InChI=1S/C26H21F3N8O3/c1-36-11-17(26(27,28)29)34-21(36)15-5-3-13(4-6-15)10-37-22-16(33-23(38)25(37)39)9-30-20(35-22)18-19(14-7-8-14)31-12-32-24(18)40-2/h3-6,9,11-12,14H,7-8,10H2,1-2H3,(H,33,38). The highest BCUT2D eigenvalue weighted by Crippen LogP contribution is 2.44. The molecule has 1 saturated carbocycles. The molecule has 1 aliphatic rings. The third-order valence-corrected chi connectivity index (χ3v) is 6.65. The molecule has 5 aromatic rings. The Morgan fingerprint density at radius 3 is 2.48 bits per heavy atom. The van der Waals surface area contributed by atoms with Crippen molar-refractivity contribution in [2.75, 3.05) is 7.11 Å². The normalized spacial score (nSPS) is 13.6. The number of hydrogen-bond acceptors (Lipinski definition) is 8. The number of halogens is 3. The molecule has 0 aliphatic heterocycles. The maximum Gasteiger partial charge on any atom is 0.434 e. The highest BCUT2D eigenvalue weighted by molar-refractivity contribution is 5.74. The van der Waals surface area contributed by atoms with Gasteiger partial charge in [-0.15, -0.1) is 0 Å². The van der Waals surface area contributed by atoms with Crippen molar-refractivity contribution in [3.05, 3.63) is 80.6 Å². The lowest BCUT2D eigenvalue weighted by Crippen LogP contribution is -2.37. The fourth-order valence-electron chi connectivity index (χ4n) is 4.55. The molecule has 0 radical (unpaired) electrons. The molecule has 204 valence electrons. The van der Waals surface area contributed by atoms with E-state index in [1.807, 2.05) is 0 Å². The Kier molecular flexibility index (Phi) is 5.97. The molecule has 1 N–H and O–H groups in total. The van der Waals surface area contributed by atoms with Gasteiger partial charge in [-0.2, -0.15) is 13.2 Å². The van der Waals surface area contributed by atoms with E-state index >= 15 is 0 Å². The summed E-state index contributed by atoms with van der Waals surface area (Å²) in [5.41, 5.74) is 0.135. The summed E-state index contributed by atoms with van der Waals surface area (Å²) >= 11 is 0. The van der Waals surface area contributed by atoms with E-state index in [1.165, 1.54) is 35.8 Å². The lowest BCUT2D eigenvalue weighted by molar-refractivity contribution is -0.140. The summed E-state index contributed by atoms with van der Waals surface area (Å²) in [6.45, 7) is -0.0255. The Hall–Kier alpha value is -4.88. The number of imidazole rings is 1. The van der Waals surface area contributed by atoms with Crippen molar-refractivity contribution < 1.29 is 17.9 Å². The van der Waals surface area contributed by atoms with Crippen LogP contribution in [-0.4, -0.2) is 46.1 Å². The summed E-state index contributed by atoms with van der Waals surface area (Å²) in [7, 11) is 2.96. The number of ether oxygens (including phenoxy) is 1. The van der Waals surface area contributed by atoms with Gasteiger partial charge < -0.3 is 14.3 Å². The van der Waals surface area contributed by atoms with Gasteiger partial charge in [-0.1, -0.05) is 24.3 Å². The molecule has 1 aromatic carbocycles. The number of rotatable bonds is 6. The Morgan fingerprint density at radius 1 is 1.07 bits per heavy atom. The summed E-state index contributed by atoms with van der Waals surface area (Å²) in [6, 6.07) is 6.51. The van der Waals surface area contributed by atoms with Crippen LogP contribution in [0.3, 0.4) is 0 Å². The van der Waals surface area contributed by atoms with Gasteiger partial charge in [0.2, 0.25) is 5.88 Å². The molecular weight excluding hydrogens is 529 g/mol. The van der Waals surface area contributed by atoms with Crippen LogP contribution in [0.2, 0.25) is 0 Å². The van der Waals surface area contributed by atoms with Crippen molar-refractivity contribution in [2.24, 2.45) is 7.05 Å². The van der Waals surface area contributed by atoms with Gasteiger partial charge in [-0.05, 0) is 18.4 Å². The summed E-state index contributed by atoms with van der Waals surface area (Å²) < 4.78 is 47.2. The van der Waals surface area contributed by atoms with E-state index < -0.39 is 23.0 Å². The first kappa shape index (κ1) is 25.4. The summed E-state index contributed by atoms with van der Waals surface area (Å²) in [5.74, 6) is 0.916. The second-order valence-electron chi connectivity index (χ2n) is 9.45. The van der Waals surface area contributed by atoms with Gasteiger partial charge in [0.05, 0.1) is 25.5 Å². The van der Waals surface area contributed by atoms with Crippen molar-refractivity contribution >= 4 is 11.2 Å². The minimum Gasteiger partial charge on any atom is -0.480 e. The Balaban J connectivity index is 1.41. The maximum atomic E-state index is 13.1. The summed E-state index contributed by atoms with van der Waals surface area (Å²) in [4.78, 5) is 49.2. The van der Waals surface area contributed by atoms with E-state index in [0.717, 1.165) is 24.7 Å². The summed E-state index contributed by atoms with van der Waals surface area (Å²) in [6.07, 6.45) is 1.12. The first-order chi connectivity index (χ1) is 19.1. The maximum absolute atomic E-state index is 13.1. The number of aromatic amines is 1. The number of alkyl halides is 3. The van der Waals surface area contributed by atoms with Crippen LogP contribution in [0, 0.1) is 0 Å². The van der Waals surface area contributed by atoms with E-state index in [2.05, 4.69) is 29.9 Å². The third kappa shape index (κ3) is 4.50. The van der Waals surface area contributed by atoms with Gasteiger partial charge in [0, 0.05) is 24.7 Å². The highest BCUT2D eigenvalue weighted by atomic mass is 19.4. The largest absolute Gasteiger partial charge is 0.480 e. The fraction of sp³-hybridized carbons (Fsp3) is 0.269. The van der Waals surface area contributed by atoms with Crippen molar-refractivity contribution in [1.29, 1.82) is 0 Å². The zero-order valence-corrected chi connectivity index (χ0v) is 21.2. The van der Waals surface area contributed by atoms with Crippen LogP contribution in [0.5, 0.6) is 5.88 Å². The van der Waals surface area contributed by atoms with E-state index in [1.54, 1.807) is 24.3 Å². The first-order valence-electron chi connectivity index (χ1n) is 12.2. The van der Waals surface area contributed by atoms with Gasteiger partial charge in [0.15, 0.2) is 17.2 Å². The lowest BCUT2D eigenvalue weighted by atomic mass is 10.1. The number of benzene rings is 1. The molecule has 11 nitrogen and oxygen atoms in total. The first-order valence-corrected chi connectivity index (χ1v) is 12.2. The molecule has 14 heteroatoms. The van der Waals surface area contributed by atoms with E-state index in [-0.39, 0.29) is 35.3 Å². The molecule has 0 atom stereocenters. The van der Waals surface area contributed by atoms with Gasteiger partial charge in [0.1, 0.15) is 23.2 Å². The number of aromatic nitrogens is 8. The molecule has 0 bridgehead atoms. The molecule has 0 spiro atoms. The van der Waals surface area contributed by atoms with Crippen molar-refractivity contribution in [3.8, 4) is 28.7 Å². The second-order valence-corrected chi connectivity index (χ2v) is 9.45. The monoisotopic (exact) mass is 550 g/mol. The Morgan fingerprint density at radius 2 is 1.82 bits per heavy atom. The van der Waals surface area contributed by atoms with Crippen LogP contribution >= 0.6 is 0 Å². The van der Waals surface area contributed by atoms with Crippen LogP contribution in [0.4, 0.5) is 13.2 Å². The molecule has 0 saturated heterocycles. The number of nitrogens with zero attached hydrogens (tertiary/aromatic N) is 7. The quantitative estimate of drug-likeness (QED) is 0.319. The number of hydrogen-bond donors (Lipinski definition) is 1. The predicted molar refractivity (Wildman–Crippen MR) is 137 cm³/mol.